The van der Waals surface area contributed by atoms with Crippen LogP contribution in [0.1, 0.15) is 0 Å². The molecule has 1 heterocycles. The van der Waals surface area contributed by atoms with Gasteiger partial charge in [0, 0.05) is 18.1 Å². The monoisotopic (exact) mass is 209 g/mol. The summed E-state index contributed by atoms with van der Waals surface area (Å²) in [5.74, 6) is 1.70. The van der Waals surface area contributed by atoms with Gasteiger partial charge in [-0.05, 0) is 0 Å². The van der Waals surface area contributed by atoms with Crippen LogP contribution in [0.5, 0.6) is 0 Å². The molecule has 1 rings (SSSR count). The molecule has 1 amide bonds. The van der Waals surface area contributed by atoms with Crippen molar-refractivity contribution in [3.8, 4) is 0 Å². The summed E-state index contributed by atoms with van der Waals surface area (Å²) < 4.78 is 0. The number of nitrogens with zero attached hydrogens (tertiary/aromatic N) is 1. The molecule has 0 bridgehead atoms. The van der Waals surface area contributed by atoms with Crippen LogP contribution in [0.25, 0.3) is 0 Å². The topological polar surface area (TPSA) is 40.5 Å². The lowest BCUT2D eigenvalue weighted by atomic mass is 10.3. The first-order valence-electron chi connectivity index (χ1n) is 3.83. The Morgan fingerprint density at radius 2 is 2.50 bits per heavy atom. The summed E-state index contributed by atoms with van der Waals surface area (Å²) in [7, 11) is 0. The maximum absolute atomic E-state index is 11.2. The van der Waals surface area contributed by atoms with E-state index >= 15 is 0 Å². The van der Waals surface area contributed by atoms with Crippen molar-refractivity contribution in [2.24, 2.45) is 0 Å². The predicted octanol–water partition coefficient (Wildman–Crippen LogP) is 0.162. The van der Waals surface area contributed by atoms with E-state index in [1.165, 1.54) is 0 Å². The summed E-state index contributed by atoms with van der Waals surface area (Å²) in [5.41, 5.74) is 0. The van der Waals surface area contributed by atoms with Crippen molar-refractivity contribution in [2.75, 3.05) is 30.5 Å². The van der Waals surface area contributed by atoms with E-state index in [0.29, 0.717) is 6.54 Å². The lowest BCUT2D eigenvalue weighted by Crippen LogP contribution is -2.48. The van der Waals surface area contributed by atoms with Crippen LogP contribution in [-0.2, 0) is 4.79 Å². The number of thioether (sulfide) groups is 1. The van der Waals surface area contributed by atoms with Crippen LogP contribution in [-0.4, -0.2) is 52.5 Å². The molecule has 0 saturated carbocycles. The average Bonchev–Trinajstić information content (AvgIpc) is 2.16. The smallest absolute Gasteiger partial charge is 0.237 e. The summed E-state index contributed by atoms with van der Waals surface area (Å²) in [4.78, 5) is 12.9. The van der Waals surface area contributed by atoms with Crippen LogP contribution in [0.15, 0.2) is 0 Å². The Balaban J connectivity index is 2.52. The minimum atomic E-state index is -0.0731. The van der Waals surface area contributed by atoms with E-state index in [2.05, 4.69) is 0 Å². The first-order chi connectivity index (χ1) is 5.79. The van der Waals surface area contributed by atoms with Crippen molar-refractivity contribution >= 4 is 29.3 Å². The molecule has 0 spiro atoms. The molecule has 0 radical (unpaired) electrons. The maximum Gasteiger partial charge on any atom is 0.237 e. The van der Waals surface area contributed by atoms with Crippen molar-refractivity contribution in [1.29, 1.82) is 0 Å². The van der Waals surface area contributed by atoms with Gasteiger partial charge in [-0.3, -0.25) is 4.79 Å². The first-order valence-corrected chi connectivity index (χ1v) is 5.52. The number of rotatable bonds is 2. The zero-order chi connectivity index (χ0) is 8.97. The van der Waals surface area contributed by atoms with Crippen LogP contribution in [0.3, 0.4) is 0 Å². The van der Waals surface area contributed by atoms with Gasteiger partial charge in [-0.25, -0.2) is 0 Å². The Kier molecular flexibility index (Phi) is 4.18. The van der Waals surface area contributed by atoms with E-state index < -0.39 is 0 Å². The maximum atomic E-state index is 11.2. The van der Waals surface area contributed by atoms with Crippen LogP contribution < -0.4 is 0 Å². The molecule has 0 aromatic heterocycles. The molecular weight excluding hydrogens is 198 g/mol. The van der Waals surface area contributed by atoms with E-state index in [1.54, 1.807) is 16.7 Å². The molecule has 1 fully saturated rings. The van der Waals surface area contributed by atoms with Gasteiger partial charge in [0.05, 0.1) is 12.6 Å². The molecular formula is C7H12ClNO2S. The standard InChI is InChI=1S/C7H12ClNO2S/c8-3-7(11)9-1-2-12-5-6(9)4-10/h6,10H,1-5H2. The number of halogens is 1. The van der Waals surface area contributed by atoms with Crippen LogP contribution in [0.4, 0.5) is 0 Å². The fraction of sp³-hybridized carbons (Fsp3) is 0.857. The number of hydrogen-bond acceptors (Lipinski definition) is 3. The van der Waals surface area contributed by atoms with Crippen molar-refractivity contribution < 1.29 is 9.90 Å². The molecule has 1 aliphatic rings. The predicted molar refractivity (Wildman–Crippen MR) is 50.6 cm³/mol. The van der Waals surface area contributed by atoms with E-state index in [-0.39, 0.29) is 24.4 Å². The van der Waals surface area contributed by atoms with Crippen molar-refractivity contribution in [3.05, 3.63) is 0 Å². The molecule has 1 aliphatic heterocycles. The Morgan fingerprint density at radius 1 is 1.75 bits per heavy atom. The zero-order valence-electron chi connectivity index (χ0n) is 6.70. The molecule has 5 heteroatoms. The molecule has 1 atom stereocenters. The van der Waals surface area contributed by atoms with Crippen LogP contribution >= 0.6 is 23.4 Å². The second-order valence-electron chi connectivity index (χ2n) is 2.63. The normalized spacial score (nSPS) is 24.2. The molecule has 0 aromatic rings. The van der Waals surface area contributed by atoms with Crippen molar-refractivity contribution in [1.82, 2.24) is 4.90 Å². The van der Waals surface area contributed by atoms with Gasteiger partial charge < -0.3 is 10.0 Å². The summed E-state index contributed by atoms with van der Waals surface area (Å²) in [6.07, 6.45) is 0. The Bertz CT molecular complexity index is 167. The van der Waals surface area contributed by atoms with Gasteiger partial charge >= 0.3 is 0 Å². The number of aliphatic hydroxyl groups is 1. The highest BCUT2D eigenvalue weighted by atomic mass is 35.5. The molecule has 3 nitrogen and oxygen atoms in total. The number of hydrogen-bond donors (Lipinski definition) is 1. The first kappa shape index (κ1) is 10.2. The molecule has 0 aromatic carbocycles. The second kappa shape index (κ2) is 4.94. The van der Waals surface area contributed by atoms with Gasteiger partial charge in [0.15, 0.2) is 0 Å². The molecule has 1 unspecified atom stereocenters. The van der Waals surface area contributed by atoms with E-state index in [1.807, 2.05) is 0 Å². The highest BCUT2D eigenvalue weighted by Gasteiger charge is 2.25. The van der Waals surface area contributed by atoms with Crippen LogP contribution in [0.2, 0.25) is 0 Å². The highest BCUT2D eigenvalue weighted by Crippen LogP contribution is 2.16. The molecule has 1 saturated heterocycles. The SMILES string of the molecule is O=C(CCl)N1CCSCC1CO. The third kappa shape index (κ3) is 2.28. The third-order valence-electron chi connectivity index (χ3n) is 1.87. The second-order valence-corrected chi connectivity index (χ2v) is 4.05. The molecule has 0 aliphatic carbocycles. The highest BCUT2D eigenvalue weighted by molar-refractivity contribution is 7.99. The average molecular weight is 210 g/mol. The minimum Gasteiger partial charge on any atom is -0.394 e. The number of aliphatic hydroxyl groups excluding tert-OH is 1. The molecule has 1 N–H and O–H groups in total. The quantitative estimate of drug-likeness (QED) is 0.659. The number of carbonyl (C=O) groups is 1. The van der Waals surface area contributed by atoms with E-state index in [9.17, 15) is 4.79 Å². The minimum absolute atomic E-state index is 0.0150. The van der Waals surface area contributed by atoms with Crippen molar-refractivity contribution in [3.63, 3.8) is 0 Å². The van der Waals surface area contributed by atoms with Gasteiger partial charge in [0.2, 0.25) is 5.91 Å². The van der Waals surface area contributed by atoms with Crippen molar-refractivity contribution in [2.45, 2.75) is 6.04 Å². The molecule has 70 valence electrons. The van der Waals surface area contributed by atoms with Gasteiger partial charge in [-0.15, -0.1) is 11.6 Å². The van der Waals surface area contributed by atoms with E-state index in [4.69, 9.17) is 16.7 Å². The summed E-state index contributed by atoms with van der Waals surface area (Å²) >= 11 is 7.19. The van der Waals surface area contributed by atoms with Gasteiger partial charge in [0.25, 0.3) is 0 Å². The Morgan fingerprint density at radius 3 is 3.08 bits per heavy atom. The number of carbonyl (C=O) groups excluding carboxylic acids is 1. The number of amides is 1. The van der Waals surface area contributed by atoms with Gasteiger partial charge in [-0.1, -0.05) is 0 Å². The largest absolute Gasteiger partial charge is 0.394 e. The fourth-order valence-corrected chi connectivity index (χ4v) is 2.41. The number of alkyl halides is 1. The molecule has 12 heavy (non-hydrogen) atoms. The summed E-state index contributed by atoms with van der Waals surface area (Å²) in [5, 5.41) is 8.96. The fourth-order valence-electron chi connectivity index (χ4n) is 1.21. The van der Waals surface area contributed by atoms with Gasteiger partial charge in [-0.2, -0.15) is 11.8 Å². The summed E-state index contributed by atoms with van der Waals surface area (Å²) in [6, 6.07) is -0.0324. The Hall–Kier alpha value is 0.0700. The van der Waals surface area contributed by atoms with Gasteiger partial charge in [0.1, 0.15) is 5.88 Å². The lowest BCUT2D eigenvalue weighted by Gasteiger charge is -2.33. The van der Waals surface area contributed by atoms with E-state index in [0.717, 1.165) is 11.5 Å². The Labute approximate surface area is 81.1 Å². The third-order valence-corrected chi connectivity index (χ3v) is 3.19. The summed E-state index contributed by atoms with van der Waals surface area (Å²) in [6.45, 7) is 0.747. The van der Waals surface area contributed by atoms with Crippen LogP contribution in [0, 0.1) is 0 Å². The zero-order valence-corrected chi connectivity index (χ0v) is 8.27. The lowest BCUT2D eigenvalue weighted by molar-refractivity contribution is -0.131.